The van der Waals surface area contributed by atoms with E-state index in [1.165, 1.54) is 24.0 Å². The molecule has 784 valence electrons. The molecule has 147 heavy (non-hydrogen) atoms. The standard InChI is InChI=1S/C44H50O9S.C36H42O7S.C28H24Br2O3S.C4H5ClO.C4H8O.CHCl3/c1-29(2)43(45)52-25-31(5)23-50-27-38-21-36(10-9-33(38)7)34-11-16-40(17-12-34)54(47,48)41-18-13-35(14-19-41)37-15-20-42(49-8)39(22-37)28-51-24-32(6)26-53-44(46)30(3)4;1-25(19-37)21-42-23-32-17-30(6-5-27(32)3)28-7-12-34(13-8-28)44(39,40)35-14-9-29(10-15-35)31-11-16-36(41-4)33(18-31)24-43-22-26(2)20-38;1-19-3-4-22(15-24(19)17-29)20-5-10-26(11-6-20)34(31,32)27-12-7-21(8-13-27)23-9-14-28(33-2)25(16-23)18-30;1-3(2)4(5)6;1-2-4-5-3-1;2-1(3)4/h9-22,31-32H,1,3,23-28H2,2,4-8H3;5-18,25-26,37-38H,19-24H2,1-4H3;3-16H,17-18H2,1-2H3;1H2,2H3;1-4H2;1H. The van der Waals surface area contributed by atoms with E-state index in [4.69, 9.17) is 93.8 Å². The van der Waals surface area contributed by atoms with Crippen molar-refractivity contribution in [3.63, 3.8) is 0 Å². The monoisotopic (exact) mass is 2260 g/mol. The predicted octanol–water partition coefficient (Wildman–Crippen LogP) is 27.2. The molecule has 2 N–H and O–H groups in total. The lowest BCUT2D eigenvalue weighted by molar-refractivity contribution is -0.141. The fourth-order valence-corrected chi connectivity index (χ4v) is 19.3. The third kappa shape index (κ3) is 37.9. The molecule has 21 nitrogen and oxygen atoms in total. The van der Waals surface area contributed by atoms with E-state index in [1.807, 2.05) is 175 Å². The Kier molecular flexibility index (Phi) is 50.5. The first-order valence-corrected chi connectivity index (χ1v) is 55.8. The first kappa shape index (κ1) is 122. The molecule has 0 aliphatic carbocycles. The molecule has 4 unspecified atom stereocenters. The Morgan fingerprint density at radius 2 is 0.544 bits per heavy atom. The number of rotatable bonds is 42. The van der Waals surface area contributed by atoms with E-state index in [2.05, 4.69) is 82.8 Å². The van der Waals surface area contributed by atoms with E-state index in [1.54, 1.807) is 139 Å². The van der Waals surface area contributed by atoms with Crippen molar-refractivity contribution in [3.8, 4) is 84.0 Å². The first-order chi connectivity index (χ1) is 70.1. The van der Waals surface area contributed by atoms with Gasteiger partial charge in [0.1, 0.15) is 17.2 Å². The highest BCUT2D eigenvalue weighted by Crippen LogP contribution is 2.38. The Balaban J connectivity index is 0.000000255. The van der Waals surface area contributed by atoms with Crippen molar-refractivity contribution in [1.29, 1.82) is 0 Å². The largest absolute Gasteiger partial charge is 0.496 e. The maximum absolute atomic E-state index is 13.6. The molecule has 1 aliphatic heterocycles. The SMILES string of the molecule is C1CCOC1.C=C(C)C(=O)Cl.C=C(C)C(=O)OCC(C)COCc1cc(-c2ccc(S(=O)(=O)c3ccc(-c4ccc(OC)c(COCC(C)COC(=O)C(=C)C)c4)cc3)cc2)ccc1C.COc1ccc(-c2ccc(S(=O)(=O)c3ccc(-c4ccc(C)c(CBr)c4)cc3)cc2)cc1CBr.COc1ccc(-c2ccc(S(=O)(=O)c3ccc(-c4ccc(C)c(COCC(C)CO)c4)cc3)cc2)cc1COCC(C)CO.ClC(Cl)Cl. The second-order valence-corrected chi connectivity index (χ2v) is 44.9. The zero-order chi connectivity index (χ0) is 108. The summed E-state index contributed by atoms with van der Waals surface area (Å²) >= 11 is 26.3. The summed E-state index contributed by atoms with van der Waals surface area (Å²) in [7, 11) is -6.26. The minimum Gasteiger partial charge on any atom is -0.496 e. The molecular formula is C117H130Br2Cl4O21S3. The number of alkyl halides is 5. The van der Waals surface area contributed by atoms with Crippen LogP contribution < -0.4 is 14.2 Å². The number of hydrogen-bond donors (Lipinski definition) is 2. The number of carbonyl (C=O) groups is 3. The third-order valence-corrected chi connectivity index (χ3v) is 30.2. The van der Waals surface area contributed by atoms with Crippen molar-refractivity contribution in [2.75, 3.05) is 87.4 Å². The molecule has 0 saturated carbocycles. The molecule has 1 aliphatic rings. The second kappa shape index (κ2) is 61.0. The molecule has 13 rings (SSSR count). The first-order valence-electron chi connectivity index (χ1n) is 47.4. The van der Waals surface area contributed by atoms with Crippen LogP contribution in [0.25, 0.3) is 66.8 Å². The summed E-state index contributed by atoms with van der Waals surface area (Å²) in [5.41, 5.74) is 21.8. The summed E-state index contributed by atoms with van der Waals surface area (Å²) in [4.78, 5) is 34.5. The minimum atomic E-state index is -3.77. The number of aryl methyl sites for hydroxylation is 3. The lowest BCUT2D eigenvalue weighted by Gasteiger charge is -2.15. The number of ether oxygens (including phenoxy) is 10. The number of halogens is 6. The Labute approximate surface area is 903 Å². The van der Waals surface area contributed by atoms with Gasteiger partial charge in [-0.05, 0) is 287 Å². The number of benzene rings is 12. The van der Waals surface area contributed by atoms with Gasteiger partial charge in [-0.1, -0.05) is 248 Å². The number of carbonyl (C=O) groups excluding carboxylic acids is 3. The summed E-state index contributed by atoms with van der Waals surface area (Å²) in [5, 5.41) is 19.5. The van der Waals surface area contributed by atoms with Gasteiger partial charge in [-0.2, -0.15) is 0 Å². The van der Waals surface area contributed by atoms with Crippen LogP contribution in [0.15, 0.2) is 321 Å². The van der Waals surface area contributed by atoms with Crippen LogP contribution in [0.5, 0.6) is 17.2 Å². The summed E-state index contributed by atoms with van der Waals surface area (Å²) in [5.74, 6) is 1.50. The Morgan fingerprint density at radius 1 is 0.333 bits per heavy atom. The maximum Gasteiger partial charge on any atom is 0.333 e. The summed E-state index contributed by atoms with van der Waals surface area (Å²) in [6.45, 7) is 34.9. The third-order valence-electron chi connectivity index (χ3n) is 23.3. The van der Waals surface area contributed by atoms with E-state index in [9.17, 15) is 49.9 Å². The van der Waals surface area contributed by atoms with Crippen LogP contribution in [0.1, 0.15) is 111 Å². The molecule has 1 fully saturated rings. The zero-order valence-corrected chi connectivity index (χ0v) is 93.8. The summed E-state index contributed by atoms with van der Waals surface area (Å²) in [6, 6.07) is 77.5. The Hall–Kier alpha value is -10.4. The second-order valence-electron chi connectivity index (χ2n) is 35.7. The number of esters is 2. The molecule has 30 heteroatoms. The van der Waals surface area contributed by atoms with Gasteiger partial charge in [-0.3, -0.25) is 4.79 Å². The molecule has 0 radical (unpaired) electrons. The van der Waals surface area contributed by atoms with Crippen molar-refractivity contribution >= 4 is 125 Å². The summed E-state index contributed by atoms with van der Waals surface area (Å²) in [6.07, 6.45) is 2.56. The van der Waals surface area contributed by atoms with Crippen LogP contribution in [0.3, 0.4) is 0 Å². The van der Waals surface area contributed by atoms with Gasteiger partial charge in [0.05, 0.1) is 117 Å². The number of hydrogen-bond acceptors (Lipinski definition) is 21. The van der Waals surface area contributed by atoms with Crippen molar-refractivity contribution < 1.29 is 97.2 Å². The van der Waals surface area contributed by atoms with Crippen LogP contribution in [0.2, 0.25) is 0 Å². The highest BCUT2D eigenvalue weighted by molar-refractivity contribution is 9.08. The highest BCUT2D eigenvalue weighted by Gasteiger charge is 2.25. The average Bonchev–Trinajstić information content (AvgIpc) is 1.08. The van der Waals surface area contributed by atoms with Crippen molar-refractivity contribution in [2.45, 2.75) is 153 Å². The lowest BCUT2D eigenvalue weighted by Crippen LogP contribution is -2.16. The molecule has 0 bridgehead atoms. The maximum atomic E-state index is 13.6. The number of aliphatic hydroxyl groups excluding tert-OH is 2. The molecule has 12 aromatic carbocycles. The molecule has 12 aromatic rings. The van der Waals surface area contributed by atoms with E-state index in [0.29, 0.717) is 79.8 Å². The Morgan fingerprint density at radius 3 is 0.769 bits per heavy atom. The van der Waals surface area contributed by atoms with E-state index < -0.39 is 51.0 Å². The van der Waals surface area contributed by atoms with Crippen molar-refractivity contribution in [1.82, 2.24) is 0 Å². The number of methoxy groups -OCH3 is 3. The highest BCUT2D eigenvalue weighted by atomic mass is 79.9. The number of allylic oxidation sites excluding steroid dienone is 1. The van der Waals surface area contributed by atoms with E-state index in [-0.39, 0.29) is 86.1 Å². The van der Waals surface area contributed by atoms with Crippen molar-refractivity contribution in [2.24, 2.45) is 23.7 Å². The zero-order valence-electron chi connectivity index (χ0n) is 85.1. The predicted molar refractivity (Wildman–Crippen MR) is 595 cm³/mol. The van der Waals surface area contributed by atoms with Gasteiger partial charge in [0, 0.05) is 94.2 Å². The van der Waals surface area contributed by atoms with Gasteiger partial charge in [-0.15, -0.1) is 0 Å². The number of aliphatic hydroxyl groups is 2. The van der Waals surface area contributed by atoms with Gasteiger partial charge < -0.3 is 57.6 Å². The van der Waals surface area contributed by atoms with E-state index >= 15 is 0 Å². The van der Waals surface area contributed by atoms with Gasteiger partial charge in [0.25, 0.3) is 0 Å². The molecule has 0 spiro atoms. The van der Waals surface area contributed by atoms with Crippen molar-refractivity contribution in [3.05, 3.63) is 341 Å². The van der Waals surface area contributed by atoms with E-state index in [0.717, 1.165) is 130 Å². The molecule has 0 aromatic heterocycles. The average molecular weight is 2270 g/mol. The lowest BCUT2D eigenvalue weighted by atomic mass is 10.00. The Bertz CT molecular complexity index is 6690. The van der Waals surface area contributed by atoms with Crippen LogP contribution in [0, 0.1) is 44.4 Å². The quantitative estimate of drug-likeness (QED) is 0.0155. The van der Waals surface area contributed by atoms with Crippen LogP contribution >= 0.6 is 78.3 Å². The fraction of sp³-hybridized carbons (Fsp3) is 0.308. The summed E-state index contributed by atoms with van der Waals surface area (Å²) < 4.78 is 135. The molecule has 1 heterocycles. The smallest absolute Gasteiger partial charge is 0.333 e. The molecule has 4 atom stereocenters. The fourth-order valence-electron chi connectivity index (χ4n) is 14.5. The van der Waals surface area contributed by atoms with Crippen LogP contribution in [-0.2, 0) is 114 Å². The van der Waals surface area contributed by atoms with Crippen LogP contribution in [-0.4, -0.2) is 144 Å². The number of sulfone groups is 3. The van der Waals surface area contributed by atoms with Gasteiger partial charge in [0.2, 0.25) is 34.8 Å². The van der Waals surface area contributed by atoms with Crippen LogP contribution in [0.4, 0.5) is 0 Å². The minimum absolute atomic E-state index is 0.0114. The normalized spacial score (nSPS) is 12.5. The molecular weight excluding hydrogens is 2140 g/mol. The van der Waals surface area contributed by atoms with Gasteiger partial charge in [0.15, 0.2) is 4.30 Å². The van der Waals surface area contributed by atoms with Gasteiger partial charge in [-0.25, -0.2) is 34.8 Å². The molecule has 1 saturated heterocycles. The van der Waals surface area contributed by atoms with Gasteiger partial charge >= 0.3 is 11.9 Å². The molecule has 0 amide bonds. The topological polar surface area (TPSA) is 286 Å².